The highest BCUT2D eigenvalue weighted by Gasteiger charge is 2.32. The zero-order chi connectivity index (χ0) is 15.9. The van der Waals surface area contributed by atoms with E-state index in [4.69, 9.17) is 4.42 Å². The third-order valence-electron chi connectivity index (χ3n) is 4.08. The first kappa shape index (κ1) is 17.5. The third kappa shape index (κ3) is 4.73. The van der Waals surface area contributed by atoms with Crippen LogP contribution in [0.2, 0.25) is 18.1 Å². The highest BCUT2D eigenvalue weighted by Crippen LogP contribution is 2.21. The molecule has 0 aliphatic rings. The first-order valence-electron chi connectivity index (χ1n) is 7.43. The number of furan rings is 1. The summed E-state index contributed by atoms with van der Waals surface area (Å²) in [7, 11) is -1.51. The van der Waals surface area contributed by atoms with Crippen LogP contribution in [0.25, 0.3) is 0 Å². The highest BCUT2D eigenvalue weighted by atomic mass is 28.3. The summed E-state index contributed by atoms with van der Waals surface area (Å²) in [4.78, 5) is 30.4. The molecule has 1 heterocycles. The molecule has 0 bridgehead atoms. The van der Waals surface area contributed by atoms with E-state index in [0.29, 0.717) is 6.42 Å². The maximum atomic E-state index is 11.4. The lowest BCUT2D eigenvalue weighted by Gasteiger charge is -2.24. The molecule has 5 nitrogen and oxygen atoms in total. The van der Waals surface area contributed by atoms with E-state index in [-0.39, 0.29) is 6.42 Å². The van der Waals surface area contributed by atoms with Crippen molar-refractivity contribution in [2.24, 2.45) is 0 Å². The first-order chi connectivity index (χ1) is 9.97. The number of carbonyl (C=O) groups excluding carboxylic acids is 2. The normalized spacial score (nSPS) is 11.2. The van der Waals surface area contributed by atoms with Gasteiger partial charge in [-0.25, -0.2) is 19.4 Å². The average Bonchev–Trinajstić information content (AvgIpc) is 2.95. The largest absolute Gasteiger partial charge is 0.474 e. The van der Waals surface area contributed by atoms with E-state index in [2.05, 4.69) is 36.6 Å². The van der Waals surface area contributed by atoms with Crippen molar-refractivity contribution in [2.45, 2.75) is 58.7 Å². The molecule has 0 atom stereocenters. The summed E-state index contributed by atoms with van der Waals surface area (Å²) < 4.78 is 5.76. The predicted octanol–water partition coefficient (Wildman–Crippen LogP) is 2.95. The van der Waals surface area contributed by atoms with Gasteiger partial charge in [-0.15, -0.1) is 0 Å². The molecule has 0 fully saturated rings. The van der Waals surface area contributed by atoms with Crippen molar-refractivity contribution in [1.82, 2.24) is 0 Å². The molecule has 0 aliphatic carbocycles. The Labute approximate surface area is 126 Å². The molecule has 0 saturated carbocycles. The molecule has 0 saturated heterocycles. The summed E-state index contributed by atoms with van der Waals surface area (Å²) in [5, 5.41) is 1.11. The Morgan fingerprint density at radius 3 is 2.29 bits per heavy atom. The fraction of sp³-hybridized carbons (Fsp3) is 0.600. The van der Waals surface area contributed by atoms with E-state index in [1.165, 1.54) is 6.92 Å². The summed E-state index contributed by atoms with van der Waals surface area (Å²) in [6.45, 7) is 7.84. The molecule has 1 rings (SSSR count). The van der Waals surface area contributed by atoms with Gasteiger partial charge < -0.3 is 4.42 Å². The zero-order valence-electron chi connectivity index (χ0n) is 13.2. The van der Waals surface area contributed by atoms with E-state index in [0.717, 1.165) is 29.1 Å². The summed E-state index contributed by atoms with van der Waals surface area (Å²) in [5.41, 5.74) is 0.983. The van der Waals surface area contributed by atoms with Gasteiger partial charge in [0.2, 0.25) is 0 Å². The van der Waals surface area contributed by atoms with Crippen molar-refractivity contribution >= 4 is 25.4 Å². The molecule has 0 aliphatic heterocycles. The summed E-state index contributed by atoms with van der Waals surface area (Å²) in [6.07, 6.45) is 2.40. The van der Waals surface area contributed by atoms with Crippen molar-refractivity contribution in [3.8, 4) is 0 Å². The maximum absolute atomic E-state index is 11.4. The second-order valence-electron chi connectivity index (χ2n) is 5.19. The summed E-state index contributed by atoms with van der Waals surface area (Å²) in [6, 6.07) is 5.53. The van der Waals surface area contributed by atoms with Crippen LogP contribution in [0, 0.1) is 0 Å². The number of hydrogen-bond acceptors (Lipinski definition) is 5. The van der Waals surface area contributed by atoms with Gasteiger partial charge in [0.1, 0.15) is 8.07 Å². The molecule has 0 N–H and O–H groups in total. The van der Waals surface area contributed by atoms with Crippen LogP contribution in [0.15, 0.2) is 16.7 Å². The fourth-order valence-corrected chi connectivity index (χ4v) is 5.80. The van der Waals surface area contributed by atoms with Crippen LogP contribution < -0.4 is 5.38 Å². The van der Waals surface area contributed by atoms with Gasteiger partial charge in [-0.1, -0.05) is 38.9 Å². The number of rotatable bonds is 7. The second-order valence-corrected chi connectivity index (χ2v) is 10.4. The summed E-state index contributed by atoms with van der Waals surface area (Å²) >= 11 is 0. The second kappa shape index (κ2) is 8.02. The molecule has 0 spiro atoms. The first-order valence-corrected chi connectivity index (χ1v) is 10.0. The highest BCUT2D eigenvalue weighted by molar-refractivity contribution is 6.90. The van der Waals surface area contributed by atoms with E-state index >= 15 is 0 Å². The quantitative estimate of drug-likeness (QED) is 0.440. The Balaban J connectivity index is 2.59. The molecular formula is C15H24O5Si. The topological polar surface area (TPSA) is 65.7 Å². The molecule has 0 unspecified atom stereocenters. The van der Waals surface area contributed by atoms with E-state index in [9.17, 15) is 9.59 Å². The maximum Gasteiger partial charge on any atom is 0.355 e. The lowest BCUT2D eigenvalue weighted by atomic mass is 10.2. The average molecular weight is 312 g/mol. The molecule has 0 radical (unpaired) electrons. The van der Waals surface area contributed by atoms with Crippen molar-refractivity contribution in [1.29, 1.82) is 0 Å². The fourth-order valence-electron chi connectivity index (χ4n) is 2.45. The van der Waals surface area contributed by atoms with Gasteiger partial charge in [-0.05, 0) is 18.1 Å². The van der Waals surface area contributed by atoms with Crippen LogP contribution in [0.4, 0.5) is 0 Å². The minimum absolute atomic E-state index is 0.158. The van der Waals surface area contributed by atoms with Gasteiger partial charge in [0, 0.05) is 6.92 Å². The smallest absolute Gasteiger partial charge is 0.355 e. The van der Waals surface area contributed by atoms with Crippen LogP contribution in [0.5, 0.6) is 0 Å². The molecular weight excluding hydrogens is 288 g/mol. The minimum atomic E-state index is -1.51. The van der Waals surface area contributed by atoms with E-state index in [1.54, 1.807) is 6.26 Å². The van der Waals surface area contributed by atoms with Crippen LogP contribution in [-0.4, -0.2) is 20.0 Å². The van der Waals surface area contributed by atoms with Gasteiger partial charge in [0.15, 0.2) is 0 Å². The number of aryl methyl sites for hydroxylation is 1. The predicted molar refractivity (Wildman–Crippen MR) is 81.7 cm³/mol. The SMILES string of the molecule is CC[Si](CC)(CC)c1cc(CCC(=O)OOC(C)=O)co1. The van der Waals surface area contributed by atoms with Gasteiger partial charge in [0.05, 0.1) is 18.1 Å². The minimum Gasteiger partial charge on any atom is -0.474 e. The van der Waals surface area contributed by atoms with Crippen LogP contribution >= 0.6 is 0 Å². The molecule has 21 heavy (non-hydrogen) atoms. The van der Waals surface area contributed by atoms with Crippen molar-refractivity contribution in [2.75, 3.05) is 0 Å². The molecule has 118 valence electrons. The lowest BCUT2D eigenvalue weighted by Crippen LogP contribution is -2.44. The Kier molecular flexibility index (Phi) is 6.68. The van der Waals surface area contributed by atoms with Crippen molar-refractivity contribution in [3.63, 3.8) is 0 Å². The Hall–Kier alpha value is -1.56. The Morgan fingerprint density at radius 1 is 1.14 bits per heavy atom. The van der Waals surface area contributed by atoms with Crippen LogP contribution in [-0.2, 0) is 25.8 Å². The lowest BCUT2D eigenvalue weighted by molar-refractivity contribution is -0.257. The van der Waals surface area contributed by atoms with Crippen LogP contribution in [0.3, 0.4) is 0 Å². The van der Waals surface area contributed by atoms with Gasteiger partial charge in [-0.3, -0.25) is 0 Å². The number of carbonyl (C=O) groups is 2. The molecule has 1 aromatic heterocycles. The van der Waals surface area contributed by atoms with Gasteiger partial charge in [-0.2, -0.15) is 0 Å². The van der Waals surface area contributed by atoms with Crippen molar-refractivity contribution in [3.05, 3.63) is 17.9 Å². The van der Waals surface area contributed by atoms with Gasteiger partial charge >= 0.3 is 11.9 Å². The zero-order valence-corrected chi connectivity index (χ0v) is 14.2. The van der Waals surface area contributed by atoms with Gasteiger partial charge in [0.25, 0.3) is 0 Å². The van der Waals surface area contributed by atoms with Crippen molar-refractivity contribution < 1.29 is 23.8 Å². The molecule has 6 heteroatoms. The summed E-state index contributed by atoms with van der Waals surface area (Å²) in [5.74, 6) is -1.20. The standard InChI is InChI=1S/C15H24O5Si/c1-5-21(6-2,7-3)15-10-13(11-18-15)8-9-14(17)20-19-12(4)16/h10-11H,5-9H2,1-4H3. The molecule has 0 aromatic carbocycles. The van der Waals surface area contributed by atoms with E-state index < -0.39 is 20.0 Å². The Morgan fingerprint density at radius 2 is 1.76 bits per heavy atom. The Bertz CT molecular complexity index is 468. The number of hydrogen-bond donors (Lipinski definition) is 0. The van der Waals surface area contributed by atoms with Crippen LogP contribution in [0.1, 0.15) is 39.7 Å². The molecule has 1 aromatic rings. The molecule has 0 amide bonds. The monoisotopic (exact) mass is 312 g/mol. The third-order valence-corrected chi connectivity index (χ3v) is 9.44. The van der Waals surface area contributed by atoms with E-state index in [1.807, 2.05) is 0 Å².